The monoisotopic (exact) mass is 429 g/mol. The van der Waals surface area contributed by atoms with Crippen molar-refractivity contribution in [2.75, 3.05) is 11.5 Å². The van der Waals surface area contributed by atoms with Crippen molar-refractivity contribution < 1.29 is 66.9 Å². The van der Waals surface area contributed by atoms with Crippen LogP contribution in [0.25, 0.3) is 0 Å². The molecule has 152 valence electrons. The third-order valence-corrected chi connectivity index (χ3v) is 2.79. The van der Waals surface area contributed by atoms with Crippen molar-refractivity contribution in [3.63, 3.8) is 0 Å². The number of nitrogen functional groups attached to an aromatic ring is 2. The molecule has 2 heterocycles. The van der Waals surface area contributed by atoms with Crippen molar-refractivity contribution in [1.29, 1.82) is 0 Å². The van der Waals surface area contributed by atoms with Gasteiger partial charge in [-0.2, -0.15) is 0 Å². The second-order valence-corrected chi connectivity index (χ2v) is 6.33. The van der Waals surface area contributed by atoms with Crippen LogP contribution in [-0.2, 0) is 13.6 Å². The number of aryl methyl sites for hydroxylation is 2. The number of halogens is 2. The minimum atomic E-state index is -4.94. The maximum Gasteiger partial charge on any atom is 0.297 e. The van der Waals surface area contributed by atoms with Crippen LogP contribution in [0.4, 0.5) is 11.6 Å². The van der Waals surface area contributed by atoms with E-state index in [4.69, 9.17) is 48.7 Å². The lowest BCUT2D eigenvalue weighted by atomic mass is 10.3. The molecule has 2 aromatic rings. The third kappa shape index (κ3) is 13.9. The molecule has 0 bridgehead atoms. The van der Waals surface area contributed by atoms with Crippen LogP contribution in [0, 0.1) is 27.4 Å². The first kappa shape index (κ1) is 25.1. The maximum atomic E-state index is 8.49. The van der Waals surface area contributed by atoms with Crippen molar-refractivity contribution >= 4 is 11.6 Å². The van der Waals surface area contributed by atoms with Crippen LogP contribution in [0.3, 0.4) is 0 Å². The molecule has 0 saturated carbocycles. The molecular weight excluding hydrogens is 413 g/mol. The molecule has 0 aromatic carbocycles. The summed E-state index contributed by atoms with van der Waals surface area (Å²) in [4.78, 5) is 4.29. The average molecular weight is 430 g/mol. The molecule has 0 aliphatic rings. The smallest absolute Gasteiger partial charge is 0.297 e. The van der Waals surface area contributed by atoms with Gasteiger partial charge in [0.05, 0.1) is 13.2 Å². The van der Waals surface area contributed by atoms with Crippen LogP contribution >= 0.6 is 0 Å². The summed E-state index contributed by atoms with van der Waals surface area (Å²) in [5.74, 6) is 2.14. The summed E-state index contributed by atoms with van der Waals surface area (Å²) in [6, 6.07) is 5.70. The fraction of sp³-hybridized carbons (Fsp3) is 0.250. The Morgan fingerprint density at radius 1 is 0.963 bits per heavy atom. The van der Waals surface area contributed by atoms with Gasteiger partial charge >= 0.3 is 0 Å². The van der Waals surface area contributed by atoms with Crippen molar-refractivity contribution in [3.8, 4) is 0 Å². The Bertz CT molecular complexity index is 715. The molecule has 2 rings (SSSR count). The van der Waals surface area contributed by atoms with Crippen molar-refractivity contribution in [1.82, 2.24) is 4.98 Å². The highest BCUT2D eigenvalue weighted by Crippen LogP contribution is 2.06. The van der Waals surface area contributed by atoms with Crippen LogP contribution in [0.5, 0.6) is 0 Å². The van der Waals surface area contributed by atoms with E-state index < -0.39 is 20.5 Å². The highest BCUT2D eigenvalue weighted by molar-refractivity contribution is 5.35. The van der Waals surface area contributed by atoms with Gasteiger partial charge in [0.25, 0.3) is 11.6 Å². The van der Waals surface area contributed by atoms with Gasteiger partial charge in [0.15, 0.2) is 0 Å². The van der Waals surface area contributed by atoms with Gasteiger partial charge in [0.1, 0.15) is 18.3 Å². The zero-order valence-electron chi connectivity index (χ0n) is 14.1. The highest BCUT2D eigenvalue weighted by Gasteiger charge is 2.15. The summed E-state index contributed by atoms with van der Waals surface area (Å²) in [6.45, 7) is 2.55. The minimum Gasteiger partial charge on any atom is -0.362 e. The van der Waals surface area contributed by atoms with Gasteiger partial charge < -0.3 is 5.73 Å². The van der Waals surface area contributed by atoms with Gasteiger partial charge in [-0.15, -0.1) is 20.5 Å². The molecule has 2 aromatic heterocycles. The fourth-order valence-electron chi connectivity index (χ4n) is 1.66. The molecule has 0 radical (unpaired) electrons. The van der Waals surface area contributed by atoms with Gasteiger partial charge in [0.2, 0.25) is 5.82 Å². The van der Waals surface area contributed by atoms with E-state index in [1.165, 1.54) is 0 Å². The zero-order chi connectivity index (χ0) is 21.4. The molecule has 0 aliphatic carbocycles. The predicted molar refractivity (Wildman–Crippen MR) is 64.7 cm³/mol. The fourth-order valence-corrected chi connectivity index (χ4v) is 1.66. The molecule has 27 heavy (non-hydrogen) atoms. The highest BCUT2D eigenvalue weighted by atomic mass is 35.7. The van der Waals surface area contributed by atoms with Gasteiger partial charge in [-0.25, -0.2) is 46.4 Å². The number of anilines is 2. The van der Waals surface area contributed by atoms with E-state index in [0.29, 0.717) is 18.2 Å². The molecule has 15 heteroatoms. The Morgan fingerprint density at radius 2 is 1.44 bits per heavy atom. The molecule has 0 spiro atoms. The lowest BCUT2D eigenvalue weighted by Gasteiger charge is -2.17. The quantitative estimate of drug-likeness (QED) is 0.423. The van der Waals surface area contributed by atoms with E-state index in [1.807, 2.05) is 53.7 Å². The van der Waals surface area contributed by atoms with Gasteiger partial charge in [-0.1, -0.05) is 6.07 Å². The van der Waals surface area contributed by atoms with Gasteiger partial charge in [-0.3, -0.25) is 5.73 Å². The van der Waals surface area contributed by atoms with Crippen molar-refractivity contribution in [3.05, 3.63) is 42.0 Å². The van der Waals surface area contributed by atoms with E-state index >= 15 is 0 Å². The van der Waals surface area contributed by atoms with Gasteiger partial charge in [0, 0.05) is 13.0 Å². The number of pyridine rings is 1. The zero-order valence-corrected chi connectivity index (χ0v) is 15.6. The van der Waals surface area contributed by atoms with Crippen LogP contribution < -0.4 is 57.9 Å². The molecule has 4 N–H and O–H groups in total. The van der Waals surface area contributed by atoms with E-state index in [-0.39, 0.29) is 0 Å². The van der Waals surface area contributed by atoms with Gasteiger partial charge in [-0.05, 0) is 11.1 Å². The Hall–Kier alpha value is -1.91. The van der Waals surface area contributed by atoms with Crippen LogP contribution in [-0.4, -0.2) is 4.98 Å². The molecule has 0 atom stereocenters. The minimum absolute atomic E-state index is 0.552. The SMILES string of the molecule is Cc1nc(N)c(C[n+]2ccccc2N)c[n+]1C.[O-][Cl+3]([O-])([O-])[O-].[O-][Cl+3]([O-])([O-])[O-]. The van der Waals surface area contributed by atoms with E-state index in [2.05, 4.69) is 4.98 Å². The Balaban J connectivity index is 0.000000563. The van der Waals surface area contributed by atoms with E-state index in [1.54, 1.807) is 0 Å². The first-order chi connectivity index (χ1) is 12.1. The molecule has 0 aliphatic heterocycles. The Kier molecular flexibility index (Phi) is 9.69. The molecule has 13 nitrogen and oxygen atoms in total. The topological polar surface area (TPSA) is 257 Å². The number of aromatic nitrogens is 3. The van der Waals surface area contributed by atoms with Crippen molar-refractivity contribution in [2.24, 2.45) is 7.05 Å². The lowest BCUT2D eigenvalue weighted by Crippen LogP contribution is -2.68. The second kappa shape index (κ2) is 10.4. The number of hydrogen-bond acceptors (Lipinski definition) is 11. The van der Waals surface area contributed by atoms with E-state index in [0.717, 1.165) is 11.4 Å². The number of nitrogens with two attached hydrogens (primary N) is 2. The largest absolute Gasteiger partial charge is 0.362 e. The van der Waals surface area contributed by atoms with Crippen LogP contribution in [0.2, 0.25) is 0 Å². The lowest BCUT2D eigenvalue weighted by molar-refractivity contribution is -2.00. The first-order valence-corrected chi connectivity index (χ1v) is 9.14. The number of hydrogen-bond donors (Lipinski definition) is 2. The number of nitrogens with zero attached hydrogens (tertiary/aromatic N) is 3. The molecule has 0 fully saturated rings. The molecule has 0 unspecified atom stereocenters. The van der Waals surface area contributed by atoms with Crippen molar-refractivity contribution in [2.45, 2.75) is 13.5 Å². The first-order valence-electron chi connectivity index (χ1n) is 6.67. The summed E-state index contributed by atoms with van der Waals surface area (Å²) in [7, 11) is -7.94. The molecule has 0 amide bonds. The average Bonchev–Trinajstić information content (AvgIpc) is 2.43. The van der Waals surface area contributed by atoms with Crippen LogP contribution in [0.1, 0.15) is 11.4 Å². The molecule has 0 saturated heterocycles. The van der Waals surface area contributed by atoms with E-state index in [9.17, 15) is 0 Å². The summed E-state index contributed by atoms with van der Waals surface area (Å²) in [5, 5.41) is 0. The third-order valence-electron chi connectivity index (χ3n) is 2.79. The Morgan fingerprint density at radius 3 is 1.89 bits per heavy atom. The molecular formula is C12H17Cl2N5O8. The normalized spacial score (nSPS) is 11.0. The maximum absolute atomic E-state index is 8.49. The summed E-state index contributed by atoms with van der Waals surface area (Å²) in [5.41, 5.74) is 12.8. The second-order valence-electron chi connectivity index (χ2n) is 4.82. The predicted octanol–water partition coefficient (Wildman–Crippen LogP) is -9.80. The number of rotatable bonds is 2. The standard InChI is InChI=1S/C12H15N5.2ClHO4/c1-9-15-12(14)10(7-16(9)2)8-17-6-4-3-5-11(17)13;2*2-1(3,4)5/h3-7,13-14H,8H2,1-2H3;2*(H,2,3,4,5). The summed E-state index contributed by atoms with van der Waals surface area (Å²) in [6.07, 6.45) is 3.91. The summed E-state index contributed by atoms with van der Waals surface area (Å²) < 4.78 is 71.8. The Labute approximate surface area is 158 Å². The van der Waals surface area contributed by atoms with Crippen LogP contribution in [0.15, 0.2) is 30.6 Å². The summed E-state index contributed by atoms with van der Waals surface area (Å²) >= 11 is 0.